The molecule has 0 saturated heterocycles. The van der Waals surface area contributed by atoms with Crippen LogP contribution >= 0.6 is 11.6 Å². The fourth-order valence-electron chi connectivity index (χ4n) is 1.64. The van der Waals surface area contributed by atoms with Crippen molar-refractivity contribution in [3.63, 3.8) is 0 Å². The minimum absolute atomic E-state index is 0.351. The van der Waals surface area contributed by atoms with Crippen molar-refractivity contribution < 1.29 is 9.53 Å². The number of fused-ring (bicyclic) bond motifs is 1. The number of nitrogens with zero attached hydrogens (tertiary/aromatic N) is 1. The van der Waals surface area contributed by atoms with E-state index >= 15 is 0 Å². The SMILES string of the molecule is CCOC(=O)C=Cc1ccnc2cc(Cl)ccc12. The fourth-order valence-corrected chi connectivity index (χ4v) is 1.80. The predicted molar refractivity (Wildman–Crippen MR) is 72.4 cm³/mol. The Bertz CT molecular complexity index is 608. The molecule has 18 heavy (non-hydrogen) atoms. The van der Waals surface area contributed by atoms with E-state index in [2.05, 4.69) is 4.98 Å². The molecule has 0 spiro atoms. The van der Waals surface area contributed by atoms with Crippen LogP contribution in [0.3, 0.4) is 0 Å². The van der Waals surface area contributed by atoms with Gasteiger partial charge in [0.2, 0.25) is 0 Å². The molecule has 0 unspecified atom stereocenters. The maximum atomic E-state index is 11.3. The van der Waals surface area contributed by atoms with Gasteiger partial charge in [-0.05, 0) is 36.8 Å². The lowest BCUT2D eigenvalue weighted by Crippen LogP contribution is -1.98. The molecule has 0 amide bonds. The van der Waals surface area contributed by atoms with Crippen LogP contribution in [0.15, 0.2) is 36.5 Å². The molecular weight excluding hydrogens is 250 g/mol. The average Bonchev–Trinajstić information content (AvgIpc) is 2.36. The van der Waals surface area contributed by atoms with Crippen molar-refractivity contribution in [1.82, 2.24) is 4.98 Å². The van der Waals surface area contributed by atoms with E-state index in [1.165, 1.54) is 6.08 Å². The standard InChI is InChI=1S/C14H12ClNO2/c1-2-18-14(17)6-3-10-7-8-16-13-9-11(15)4-5-12(10)13/h3-9H,2H2,1H3. The Morgan fingerprint density at radius 2 is 2.28 bits per heavy atom. The van der Waals surface area contributed by atoms with Gasteiger partial charge in [0.25, 0.3) is 0 Å². The molecule has 4 heteroatoms. The van der Waals surface area contributed by atoms with Crippen molar-refractivity contribution in [3.8, 4) is 0 Å². The van der Waals surface area contributed by atoms with Gasteiger partial charge in [-0.25, -0.2) is 4.79 Å². The molecule has 0 atom stereocenters. The van der Waals surface area contributed by atoms with Crippen LogP contribution in [0.25, 0.3) is 17.0 Å². The Kier molecular flexibility index (Phi) is 3.95. The number of ether oxygens (including phenoxy) is 1. The van der Waals surface area contributed by atoms with Crippen LogP contribution in [0.1, 0.15) is 12.5 Å². The molecule has 0 bridgehead atoms. The van der Waals surface area contributed by atoms with Crippen molar-refractivity contribution in [2.24, 2.45) is 0 Å². The van der Waals surface area contributed by atoms with Crippen molar-refractivity contribution in [2.45, 2.75) is 6.92 Å². The van der Waals surface area contributed by atoms with Gasteiger partial charge in [0.15, 0.2) is 0 Å². The van der Waals surface area contributed by atoms with Gasteiger partial charge in [-0.1, -0.05) is 17.7 Å². The Morgan fingerprint density at radius 1 is 1.44 bits per heavy atom. The molecule has 2 aromatic rings. The quantitative estimate of drug-likeness (QED) is 0.627. The summed E-state index contributed by atoms with van der Waals surface area (Å²) in [6, 6.07) is 7.31. The summed E-state index contributed by atoms with van der Waals surface area (Å²) < 4.78 is 4.83. The Hall–Kier alpha value is -1.87. The van der Waals surface area contributed by atoms with E-state index in [9.17, 15) is 4.79 Å². The van der Waals surface area contributed by atoms with Crippen LogP contribution in [0.4, 0.5) is 0 Å². The number of hydrogen-bond acceptors (Lipinski definition) is 3. The number of esters is 1. The van der Waals surface area contributed by atoms with E-state index in [1.807, 2.05) is 12.1 Å². The maximum absolute atomic E-state index is 11.3. The molecule has 0 N–H and O–H groups in total. The summed E-state index contributed by atoms with van der Waals surface area (Å²) in [4.78, 5) is 15.5. The van der Waals surface area contributed by atoms with Crippen molar-refractivity contribution in [1.29, 1.82) is 0 Å². The molecule has 0 saturated carbocycles. The average molecular weight is 262 g/mol. The lowest BCUT2D eigenvalue weighted by Gasteiger charge is -2.02. The summed E-state index contributed by atoms with van der Waals surface area (Å²) >= 11 is 5.91. The lowest BCUT2D eigenvalue weighted by atomic mass is 10.1. The molecular formula is C14H12ClNO2. The van der Waals surface area contributed by atoms with E-state index in [-0.39, 0.29) is 5.97 Å². The summed E-state index contributed by atoms with van der Waals surface area (Å²) in [5.74, 6) is -0.351. The number of carbonyl (C=O) groups is 1. The molecule has 0 aliphatic carbocycles. The molecule has 0 aliphatic rings. The number of pyridine rings is 1. The summed E-state index contributed by atoms with van der Waals surface area (Å²) in [7, 11) is 0. The van der Waals surface area contributed by atoms with Gasteiger partial charge in [0.05, 0.1) is 12.1 Å². The first-order valence-corrected chi connectivity index (χ1v) is 5.97. The van der Waals surface area contributed by atoms with Crippen LogP contribution < -0.4 is 0 Å². The lowest BCUT2D eigenvalue weighted by molar-refractivity contribution is -0.137. The molecule has 1 aromatic heterocycles. The van der Waals surface area contributed by atoms with E-state index in [1.54, 1.807) is 31.3 Å². The zero-order valence-electron chi connectivity index (χ0n) is 9.89. The largest absolute Gasteiger partial charge is 0.463 e. The Labute approximate surface area is 110 Å². The number of rotatable bonds is 3. The highest BCUT2D eigenvalue weighted by Gasteiger charge is 2.01. The first-order valence-electron chi connectivity index (χ1n) is 5.60. The minimum atomic E-state index is -0.351. The van der Waals surface area contributed by atoms with E-state index in [0.717, 1.165) is 16.5 Å². The summed E-state index contributed by atoms with van der Waals surface area (Å²) in [5.41, 5.74) is 1.71. The highest BCUT2D eigenvalue weighted by atomic mass is 35.5. The second-order valence-corrected chi connectivity index (χ2v) is 4.08. The van der Waals surface area contributed by atoms with E-state index < -0.39 is 0 Å². The van der Waals surface area contributed by atoms with Gasteiger partial charge >= 0.3 is 5.97 Å². The second kappa shape index (κ2) is 5.65. The number of carbonyl (C=O) groups excluding carboxylic acids is 1. The van der Waals surface area contributed by atoms with Crippen LogP contribution in [-0.2, 0) is 9.53 Å². The summed E-state index contributed by atoms with van der Waals surface area (Å²) in [6.45, 7) is 2.14. The van der Waals surface area contributed by atoms with Crippen molar-refractivity contribution in [3.05, 3.63) is 47.1 Å². The molecule has 1 heterocycles. The summed E-state index contributed by atoms with van der Waals surface area (Å²) in [5, 5.41) is 1.59. The number of halogens is 1. The van der Waals surface area contributed by atoms with Crippen molar-refractivity contribution >= 4 is 34.5 Å². The maximum Gasteiger partial charge on any atom is 0.330 e. The highest BCUT2D eigenvalue weighted by molar-refractivity contribution is 6.31. The number of aromatic nitrogens is 1. The predicted octanol–water partition coefficient (Wildman–Crippen LogP) is 3.46. The van der Waals surface area contributed by atoms with Gasteiger partial charge < -0.3 is 4.74 Å². The van der Waals surface area contributed by atoms with Crippen LogP contribution in [0, 0.1) is 0 Å². The van der Waals surface area contributed by atoms with Gasteiger partial charge in [0, 0.05) is 22.7 Å². The first kappa shape index (κ1) is 12.6. The fraction of sp³-hybridized carbons (Fsp3) is 0.143. The molecule has 0 fully saturated rings. The summed E-state index contributed by atoms with van der Waals surface area (Å²) in [6.07, 6.45) is 4.81. The zero-order valence-corrected chi connectivity index (χ0v) is 10.6. The zero-order chi connectivity index (χ0) is 13.0. The molecule has 1 aromatic carbocycles. The van der Waals surface area contributed by atoms with Crippen LogP contribution in [-0.4, -0.2) is 17.6 Å². The third kappa shape index (κ3) is 2.87. The smallest absolute Gasteiger partial charge is 0.330 e. The van der Waals surface area contributed by atoms with Gasteiger partial charge in [-0.3, -0.25) is 4.98 Å². The Morgan fingerprint density at radius 3 is 3.06 bits per heavy atom. The van der Waals surface area contributed by atoms with Gasteiger partial charge in [-0.2, -0.15) is 0 Å². The number of benzene rings is 1. The molecule has 0 radical (unpaired) electrons. The van der Waals surface area contributed by atoms with Crippen LogP contribution in [0.2, 0.25) is 5.02 Å². The van der Waals surface area contributed by atoms with E-state index in [0.29, 0.717) is 11.6 Å². The number of hydrogen-bond donors (Lipinski definition) is 0. The Balaban J connectivity index is 2.36. The van der Waals surface area contributed by atoms with Gasteiger partial charge in [0.1, 0.15) is 0 Å². The molecule has 3 nitrogen and oxygen atoms in total. The third-order valence-electron chi connectivity index (χ3n) is 2.42. The van der Waals surface area contributed by atoms with Crippen LogP contribution in [0.5, 0.6) is 0 Å². The van der Waals surface area contributed by atoms with Gasteiger partial charge in [-0.15, -0.1) is 0 Å². The molecule has 0 aliphatic heterocycles. The van der Waals surface area contributed by atoms with E-state index in [4.69, 9.17) is 16.3 Å². The second-order valence-electron chi connectivity index (χ2n) is 3.65. The molecule has 2 rings (SSSR count). The first-order chi connectivity index (χ1) is 8.70. The highest BCUT2D eigenvalue weighted by Crippen LogP contribution is 2.21. The monoisotopic (exact) mass is 261 g/mol. The normalized spacial score (nSPS) is 11.0. The van der Waals surface area contributed by atoms with Crippen molar-refractivity contribution in [2.75, 3.05) is 6.61 Å². The molecule has 92 valence electrons. The third-order valence-corrected chi connectivity index (χ3v) is 2.66. The topological polar surface area (TPSA) is 39.2 Å². The minimum Gasteiger partial charge on any atom is -0.463 e.